The number of nitrogens with two attached hydrogens (primary N) is 1. The van der Waals surface area contributed by atoms with E-state index in [4.69, 9.17) is 5.73 Å². The van der Waals surface area contributed by atoms with Gasteiger partial charge in [-0.3, -0.25) is 4.79 Å². The second-order valence-electron chi connectivity index (χ2n) is 4.72. The highest BCUT2D eigenvalue weighted by Gasteiger charge is 2.35. The molecule has 1 atom stereocenters. The molecule has 0 bridgehead atoms. The minimum absolute atomic E-state index is 0.0244. The Bertz CT molecular complexity index is 685. The topological polar surface area (TPSA) is 59.2 Å². The Hall–Kier alpha value is -2.27. The number of allylic oxidation sites excluding steroid dienone is 1. The van der Waals surface area contributed by atoms with Crippen LogP contribution in [0.2, 0.25) is 0 Å². The Balaban J connectivity index is 2.07. The van der Waals surface area contributed by atoms with Crippen LogP contribution in [0.15, 0.2) is 65.3 Å². The first-order chi connectivity index (χ1) is 10.2. The molecule has 0 aliphatic carbocycles. The molecule has 1 aromatic carbocycles. The largest absolute Gasteiger partial charge is 0.365 e. The highest BCUT2D eigenvalue weighted by Crippen LogP contribution is 2.48. The zero-order valence-corrected chi connectivity index (χ0v) is 12.4. The molecule has 1 unspecified atom stereocenters. The molecule has 1 amide bonds. The average molecular weight is 297 g/mol. The Kier molecular flexibility index (Phi) is 3.66. The van der Waals surface area contributed by atoms with Gasteiger partial charge in [0.05, 0.1) is 4.91 Å². The molecule has 5 heteroatoms. The van der Waals surface area contributed by atoms with Crippen LogP contribution in [0.3, 0.4) is 0 Å². The van der Waals surface area contributed by atoms with Crippen LogP contribution in [0.5, 0.6) is 0 Å². The third-order valence-corrected chi connectivity index (χ3v) is 4.80. The molecule has 21 heavy (non-hydrogen) atoms. The standard InChI is InChI=1S/C16H15N3OS/c1-11-14(15(17)20)21-16(12-7-3-2-4-8-12)19(11)13-9-5-6-10-18-13/h2-10,16H,1H3,(H2,17,20). The molecule has 106 valence electrons. The predicted molar refractivity (Wildman–Crippen MR) is 85.4 cm³/mol. The summed E-state index contributed by atoms with van der Waals surface area (Å²) in [7, 11) is 0. The summed E-state index contributed by atoms with van der Waals surface area (Å²) in [5, 5.41) is -0.0244. The molecule has 0 saturated carbocycles. The number of aromatic nitrogens is 1. The third kappa shape index (κ3) is 2.52. The molecule has 3 rings (SSSR count). The molecule has 2 N–H and O–H groups in total. The Morgan fingerprint density at radius 1 is 1.19 bits per heavy atom. The number of hydrogen-bond acceptors (Lipinski definition) is 4. The number of hydrogen-bond donors (Lipinski definition) is 1. The van der Waals surface area contributed by atoms with Crippen LogP contribution in [-0.2, 0) is 4.79 Å². The van der Waals surface area contributed by atoms with Crippen molar-refractivity contribution in [3.8, 4) is 0 Å². The molecule has 2 aromatic rings. The van der Waals surface area contributed by atoms with Crippen LogP contribution in [0.25, 0.3) is 0 Å². The molecular formula is C16H15N3OS. The Morgan fingerprint density at radius 2 is 1.90 bits per heavy atom. The minimum Gasteiger partial charge on any atom is -0.365 e. The van der Waals surface area contributed by atoms with E-state index in [1.165, 1.54) is 11.8 Å². The maximum Gasteiger partial charge on any atom is 0.256 e. The van der Waals surface area contributed by atoms with E-state index in [0.29, 0.717) is 4.91 Å². The molecule has 1 aromatic heterocycles. The van der Waals surface area contributed by atoms with E-state index in [0.717, 1.165) is 17.1 Å². The van der Waals surface area contributed by atoms with Crippen molar-refractivity contribution >= 4 is 23.5 Å². The van der Waals surface area contributed by atoms with Gasteiger partial charge >= 0.3 is 0 Å². The van der Waals surface area contributed by atoms with E-state index in [1.54, 1.807) is 6.20 Å². The van der Waals surface area contributed by atoms with E-state index in [-0.39, 0.29) is 5.37 Å². The second-order valence-corrected chi connectivity index (χ2v) is 5.81. The highest BCUT2D eigenvalue weighted by molar-refractivity contribution is 8.04. The molecule has 4 nitrogen and oxygen atoms in total. The molecular weight excluding hydrogens is 282 g/mol. The predicted octanol–water partition coefficient (Wildman–Crippen LogP) is 3.05. The van der Waals surface area contributed by atoms with Crippen molar-refractivity contribution in [3.05, 3.63) is 70.9 Å². The molecule has 0 radical (unpaired) electrons. The fourth-order valence-electron chi connectivity index (χ4n) is 2.39. The number of pyridine rings is 1. The minimum atomic E-state index is -0.392. The van der Waals surface area contributed by atoms with Crippen molar-refractivity contribution in [3.63, 3.8) is 0 Å². The van der Waals surface area contributed by atoms with Crippen molar-refractivity contribution in [2.45, 2.75) is 12.3 Å². The number of carbonyl (C=O) groups is 1. The van der Waals surface area contributed by atoms with Gasteiger partial charge in [-0.1, -0.05) is 48.2 Å². The lowest BCUT2D eigenvalue weighted by Gasteiger charge is -2.26. The SMILES string of the molecule is CC1=C(C(N)=O)SC(c2ccccc2)N1c1ccccn1. The second kappa shape index (κ2) is 5.61. The molecule has 0 spiro atoms. The number of carbonyl (C=O) groups excluding carboxylic acids is 1. The van der Waals surface area contributed by atoms with Gasteiger partial charge in [0.1, 0.15) is 11.2 Å². The van der Waals surface area contributed by atoms with Gasteiger partial charge in [0.2, 0.25) is 0 Å². The van der Waals surface area contributed by atoms with E-state index >= 15 is 0 Å². The zero-order chi connectivity index (χ0) is 14.8. The summed E-state index contributed by atoms with van der Waals surface area (Å²) in [6, 6.07) is 15.8. The molecule has 1 aliphatic rings. The first-order valence-electron chi connectivity index (χ1n) is 6.61. The number of primary amides is 1. The van der Waals surface area contributed by atoms with Gasteiger partial charge in [-0.25, -0.2) is 4.98 Å². The van der Waals surface area contributed by atoms with Gasteiger partial charge in [-0.05, 0) is 24.6 Å². The average Bonchev–Trinajstić information content (AvgIpc) is 2.87. The van der Waals surface area contributed by atoms with Crippen LogP contribution >= 0.6 is 11.8 Å². The number of thioether (sulfide) groups is 1. The van der Waals surface area contributed by atoms with E-state index in [9.17, 15) is 4.79 Å². The first-order valence-corrected chi connectivity index (χ1v) is 7.49. The van der Waals surface area contributed by atoms with Crippen LogP contribution in [0.4, 0.5) is 5.82 Å². The van der Waals surface area contributed by atoms with E-state index in [2.05, 4.69) is 9.88 Å². The van der Waals surface area contributed by atoms with Gasteiger partial charge in [0.15, 0.2) is 0 Å². The van der Waals surface area contributed by atoms with Gasteiger partial charge in [-0.15, -0.1) is 0 Å². The summed E-state index contributed by atoms with van der Waals surface area (Å²) in [6.07, 6.45) is 1.75. The summed E-state index contributed by atoms with van der Waals surface area (Å²) in [4.78, 5) is 18.7. The van der Waals surface area contributed by atoms with Crippen LogP contribution in [0, 0.1) is 0 Å². The highest BCUT2D eigenvalue weighted by atomic mass is 32.2. The molecule has 1 aliphatic heterocycles. The third-order valence-electron chi connectivity index (χ3n) is 3.36. The van der Waals surface area contributed by atoms with Gasteiger partial charge in [0.25, 0.3) is 5.91 Å². The smallest absolute Gasteiger partial charge is 0.256 e. The number of benzene rings is 1. The van der Waals surface area contributed by atoms with Gasteiger partial charge < -0.3 is 10.6 Å². The van der Waals surface area contributed by atoms with Crippen molar-refractivity contribution in [2.24, 2.45) is 5.73 Å². The fourth-order valence-corrected chi connectivity index (χ4v) is 3.67. The molecule has 0 saturated heterocycles. The maximum atomic E-state index is 11.7. The summed E-state index contributed by atoms with van der Waals surface area (Å²) in [6.45, 7) is 1.91. The van der Waals surface area contributed by atoms with Crippen LogP contribution in [0.1, 0.15) is 17.9 Å². The van der Waals surface area contributed by atoms with Gasteiger partial charge in [0, 0.05) is 11.9 Å². The van der Waals surface area contributed by atoms with Crippen LogP contribution < -0.4 is 10.6 Å². The number of nitrogens with zero attached hydrogens (tertiary/aromatic N) is 2. The summed E-state index contributed by atoms with van der Waals surface area (Å²) in [5.74, 6) is 0.421. The van der Waals surface area contributed by atoms with Crippen molar-refractivity contribution < 1.29 is 4.79 Å². The first kappa shape index (κ1) is 13.7. The van der Waals surface area contributed by atoms with Gasteiger partial charge in [-0.2, -0.15) is 0 Å². The summed E-state index contributed by atoms with van der Waals surface area (Å²) >= 11 is 1.47. The lowest BCUT2D eigenvalue weighted by molar-refractivity contribution is -0.113. The summed E-state index contributed by atoms with van der Waals surface area (Å²) in [5.41, 5.74) is 7.47. The molecule has 2 heterocycles. The number of amides is 1. The monoisotopic (exact) mass is 297 g/mol. The fraction of sp³-hybridized carbons (Fsp3) is 0.125. The van der Waals surface area contributed by atoms with E-state index in [1.807, 2.05) is 55.5 Å². The van der Waals surface area contributed by atoms with Crippen molar-refractivity contribution in [1.29, 1.82) is 0 Å². The number of rotatable bonds is 3. The summed E-state index contributed by atoms with van der Waals surface area (Å²) < 4.78 is 0. The zero-order valence-electron chi connectivity index (χ0n) is 11.6. The normalized spacial score (nSPS) is 18.1. The van der Waals surface area contributed by atoms with Crippen LogP contribution in [-0.4, -0.2) is 10.9 Å². The molecule has 0 fully saturated rings. The number of anilines is 1. The van der Waals surface area contributed by atoms with Crippen molar-refractivity contribution in [2.75, 3.05) is 4.90 Å². The lowest BCUT2D eigenvalue weighted by atomic mass is 10.2. The Labute approximate surface area is 127 Å². The lowest BCUT2D eigenvalue weighted by Crippen LogP contribution is -2.22. The van der Waals surface area contributed by atoms with E-state index < -0.39 is 5.91 Å². The quantitative estimate of drug-likeness (QED) is 0.946. The Morgan fingerprint density at radius 3 is 2.52 bits per heavy atom. The van der Waals surface area contributed by atoms with Crippen molar-refractivity contribution in [1.82, 2.24) is 4.98 Å². The maximum absolute atomic E-state index is 11.7.